The van der Waals surface area contributed by atoms with Crippen molar-refractivity contribution in [2.45, 2.75) is 40.7 Å². The Morgan fingerprint density at radius 1 is 1.31 bits per heavy atom. The van der Waals surface area contributed by atoms with Crippen LogP contribution in [0.25, 0.3) is 0 Å². The minimum absolute atomic E-state index is 0.472. The summed E-state index contributed by atoms with van der Waals surface area (Å²) in [6.45, 7) is 10.7. The van der Waals surface area contributed by atoms with Gasteiger partial charge in [-0.1, -0.05) is 0 Å². The van der Waals surface area contributed by atoms with Gasteiger partial charge in [0.2, 0.25) is 0 Å². The molecule has 0 aromatic heterocycles. The molecule has 0 atom stereocenters. The molecule has 0 saturated carbocycles. The first-order valence-electron chi connectivity index (χ1n) is 4.63. The second-order valence-electron chi connectivity index (χ2n) is 3.57. The maximum atomic E-state index is 5.65. The topological polar surface area (TPSA) is 50.4 Å². The average Bonchev–Trinajstić information content (AvgIpc) is 2.02. The Morgan fingerprint density at radius 2 is 1.85 bits per heavy atom. The maximum Gasteiger partial charge on any atom is 0.0889 e. The summed E-state index contributed by atoms with van der Waals surface area (Å²) in [7, 11) is 0. The fourth-order valence-corrected chi connectivity index (χ4v) is 0.751. The third kappa shape index (κ3) is 5.42. The summed E-state index contributed by atoms with van der Waals surface area (Å²) in [5.41, 5.74) is 8.57. The highest BCUT2D eigenvalue weighted by Crippen LogP contribution is 1.99. The second kappa shape index (κ2) is 5.75. The molecule has 13 heavy (non-hydrogen) atoms. The smallest absolute Gasteiger partial charge is 0.0889 e. The van der Waals surface area contributed by atoms with Crippen molar-refractivity contribution in [2.24, 2.45) is 10.7 Å². The van der Waals surface area contributed by atoms with Gasteiger partial charge in [0.1, 0.15) is 0 Å². The molecule has 0 fully saturated rings. The zero-order valence-electron chi connectivity index (χ0n) is 9.31. The molecule has 0 unspecified atom stereocenters. The van der Waals surface area contributed by atoms with E-state index in [9.17, 15) is 0 Å². The van der Waals surface area contributed by atoms with Crippen LogP contribution in [-0.4, -0.2) is 18.4 Å². The van der Waals surface area contributed by atoms with Crippen molar-refractivity contribution in [1.29, 1.82) is 0 Å². The van der Waals surface area contributed by atoms with Crippen molar-refractivity contribution in [2.75, 3.05) is 6.67 Å². The lowest BCUT2D eigenvalue weighted by atomic mass is 10.1. The number of nitrogens with one attached hydrogen (secondary N) is 1. The Labute approximate surface area is 81.1 Å². The Bertz CT molecular complexity index is 210. The molecule has 0 rings (SSSR count). The Morgan fingerprint density at radius 3 is 2.23 bits per heavy atom. The van der Waals surface area contributed by atoms with Crippen LogP contribution in [0.15, 0.2) is 16.3 Å². The van der Waals surface area contributed by atoms with Crippen molar-refractivity contribution in [1.82, 2.24) is 5.32 Å². The Hall–Kier alpha value is -0.830. The lowest BCUT2D eigenvalue weighted by molar-refractivity contribution is 0.603. The lowest BCUT2D eigenvalue weighted by Crippen LogP contribution is -2.23. The number of hydrogen-bond donors (Lipinski definition) is 2. The summed E-state index contributed by atoms with van der Waals surface area (Å²) in [6.07, 6.45) is 0. The van der Waals surface area contributed by atoms with E-state index in [0.29, 0.717) is 12.7 Å². The molecule has 0 aromatic rings. The van der Waals surface area contributed by atoms with Crippen LogP contribution in [0.1, 0.15) is 34.6 Å². The standard InChI is InChI=1S/C10H21N3/c1-7(2)12-6-13-10(5)8(3)9(4)11/h7,12H,6,11H2,1-5H3. The number of aliphatic imine (C=N–C) groups is 1. The highest BCUT2D eigenvalue weighted by Gasteiger charge is 1.97. The molecular formula is C10H21N3. The van der Waals surface area contributed by atoms with Crippen molar-refractivity contribution in [3.8, 4) is 0 Å². The number of nitrogens with two attached hydrogens (primary N) is 1. The summed E-state index contributed by atoms with van der Waals surface area (Å²) in [4.78, 5) is 4.35. The average molecular weight is 183 g/mol. The number of hydrogen-bond acceptors (Lipinski definition) is 3. The number of nitrogens with zero attached hydrogens (tertiary/aromatic N) is 1. The van der Waals surface area contributed by atoms with E-state index in [1.807, 2.05) is 20.8 Å². The summed E-state index contributed by atoms with van der Waals surface area (Å²) in [5, 5.41) is 3.22. The fourth-order valence-electron chi connectivity index (χ4n) is 0.751. The minimum Gasteiger partial charge on any atom is -0.402 e. The van der Waals surface area contributed by atoms with Crippen LogP contribution in [-0.2, 0) is 0 Å². The van der Waals surface area contributed by atoms with Crippen LogP contribution in [0.3, 0.4) is 0 Å². The van der Waals surface area contributed by atoms with Crippen LogP contribution in [0.5, 0.6) is 0 Å². The van der Waals surface area contributed by atoms with Gasteiger partial charge in [0.05, 0.1) is 6.67 Å². The van der Waals surface area contributed by atoms with Gasteiger partial charge in [-0.15, -0.1) is 0 Å². The second-order valence-corrected chi connectivity index (χ2v) is 3.57. The molecule has 0 bridgehead atoms. The van der Waals surface area contributed by atoms with Gasteiger partial charge >= 0.3 is 0 Å². The molecule has 0 aliphatic carbocycles. The predicted molar refractivity (Wildman–Crippen MR) is 58.8 cm³/mol. The molecule has 0 aromatic carbocycles. The Balaban J connectivity index is 4.11. The first-order chi connectivity index (χ1) is 5.95. The minimum atomic E-state index is 0.472. The van der Waals surface area contributed by atoms with Crippen molar-refractivity contribution in [3.05, 3.63) is 11.3 Å². The quantitative estimate of drug-likeness (QED) is 0.651. The molecule has 0 saturated heterocycles. The van der Waals surface area contributed by atoms with E-state index in [4.69, 9.17) is 5.73 Å². The maximum absolute atomic E-state index is 5.65. The molecule has 3 nitrogen and oxygen atoms in total. The van der Waals surface area contributed by atoms with Gasteiger partial charge in [0, 0.05) is 17.5 Å². The molecule has 0 spiro atoms. The molecule has 76 valence electrons. The highest BCUT2D eigenvalue weighted by molar-refractivity contribution is 5.98. The normalized spacial score (nSPS) is 14.8. The molecular weight excluding hydrogens is 162 g/mol. The lowest BCUT2D eigenvalue weighted by Gasteiger charge is -2.06. The van der Waals surface area contributed by atoms with Crippen LogP contribution in [0, 0.1) is 0 Å². The molecule has 0 aliphatic heterocycles. The van der Waals surface area contributed by atoms with E-state index < -0.39 is 0 Å². The predicted octanol–water partition coefficient (Wildman–Crippen LogP) is 1.66. The zero-order chi connectivity index (χ0) is 10.4. The molecule has 0 heterocycles. The highest BCUT2D eigenvalue weighted by atomic mass is 15.0. The van der Waals surface area contributed by atoms with Gasteiger partial charge in [-0.2, -0.15) is 0 Å². The van der Waals surface area contributed by atoms with Gasteiger partial charge in [-0.3, -0.25) is 10.3 Å². The van der Waals surface area contributed by atoms with E-state index in [2.05, 4.69) is 24.2 Å². The molecule has 0 radical (unpaired) electrons. The summed E-state index contributed by atoms with van der Waals surface area (Å²) < 4.78 is 0. The SMILES string of the molecule is CC(=NCNC(C)C)C(C)=C(C)N. The molecule has 0 amide bonds. The van der Waals surface area contributed by atoms with Gasteiger partial charge in [0.15, 0.2) is 0 Å². The first-order valence-corrected chi connectivity index (χ1v) is 4.63. The van der Waals surface area contributed by atoms with Crippen LogP contribution in [0.2, 0.25) is 0 Å². The van der Waals surface area contributed by atoms with E-state index in [1.54, 1.807) is 0 Å². The van der Waals surface area contributed by atoms with Crippen LogP contribution in [0.4, 0.5) is 0 Å². The number of rotatable bonds is 4. The van der Waals surface area contributed by atoms with E-state index in [-0.39, 0.29) is 0 Å². The van der Waals surface area contributed by atoms with Crippen molar-refractivity contribution < 1.29 is 0 Å². The van der Waals surface area contributed by atoms with Gasteiger partial charge in [0.25, 0.3) is 0 Å². The molecule has 3 N–H and O–H groups in total. The van der Waals surface area contributed by atoms with Crippen molar-refractivity contribution in [3.63, 3.8) is 0 Å². The van der Waals surface area contributed by atoms with E-state index >= 15 is 0 Å². The summed E-state index contributed by atoms with van der Waals surface area (Å²) >= 11 is 0. The molecule has 0 aliphatic rings. The summed E-state index contributed by atoms with van der Waals surface area (Å²) in [5.74, 6) is 0. The molecule has 3 heteroatoms. The third-order valence-corrected chi connectivity index (χ3v) is 1.95. The van der Waals surface area contributed by atoms with Crippen LogP contribution < -0.4 is 11.1 Å². The monoisotopic (exact) mass is 183 g/mol. The van der Waals surface area contributed by atoms with Crippen LogP contribution >= 0.6 is 0 Å². The zero-order valence-corrected chi connectivity index (χ0v) is 9.31. The van der Waals surface area contributed by atoms with Gasteiger partial charge < -0.3 is 5.73 Å². The largest absolute Gasteiger partial charge is 0.402 e. The van der Waals surface area contributed by atoms with Crippen molar-refractivity contribution >= 4 is 5.71 Å². The van der Waals surface area contributed by atoms with E-state index in [0.717, 1.165) is 17.0 Å². The van der Waals surface area contributed by atoms with Gasteiger partial charge in [-0.05, 0) is 40.2 Å². The summed E-state index contributed by atoms with van der Waals surface area (Å²) in [6, 6.07) is 0.472. The number of allylic oxidation sites excluding steroid dienone is 2. The Kier molecular flexibility index (Phi) is 5.39. The van der Waals surface area contributed by atoms with E-state index in [1.165, 1.54) is 0 Å². The third-order valence-electron chi connectivity index (χ3n) is 1.95. The first kappa shape index (κ1) is 12.2. The fraction of sp³-hybridized carbons (Fsp3) is 0.700. The van der Waals surface area contributed by atoms with Gasteiger partial charge in [-0.25, -0.2) is 0 Å².